The van der Waals surface area contributed by atoms with Gasteiger partial charge >= 0.3 is 12.3 Å². The van der Waals surface area contributed by atoms with E-state index < -0.39 is 29.5 Å². The molecule has 0 spiro atoms. The van der Waals surface area contributed by atoms with Gasteiger partial charge in [0.05, 0.1) is 17.7 Å². The summed E-state index contributed by atoms with van der Waals surface area (Å²) in [5.41, 5.74) is -0.841. The summed E-state index contributed by atoms with van der Waals surface area (Å²) in [4.78, 5) is 11.8. The van der Waals surface area contributed by atoms with E-state index in [1.165, 1.54) is 19.1 Å². The van der Waals surface area contributed by atoms with Gasteiger partial charge in [0.15, 0.2) is 0 Å². The molecule has 3 aromatic rings. The van der Waals surface area contributed by atoms with E-state index in [-0.39, 0.29) is 17.7 Å². The minimum atomic E-state index is -4.84. The summed E-state index contributed by atoms with van der Waals surface area (Å²) in [7, 11) is 1.07. The number of aromatic nitrogens is 1. The molecule has 3 rings (SSSR count). The van der Waals surface area contributed by atoms with Gasteiger partial charge < -0.3 is 18.8 Å². The number of hydrogen-bond acceptors (Lipinski definition) is 5. The number of benzene rings is 2. The highest BCUT2D eigenvalue weighted by molar-refractivity contribution is 5.80. The molecule has 0 bridgehead atoms. The van der Waals surface area contributed by atoms with E-state index in [0.29, 0.717) is 16.9 Å². The minimum absolute atomic E-state index is 0.0245. The second-order valence-electron chi connectivity index (χ2n) is 6.66. The van der Waals surface area contributed by atoms with E-state index in [4.69, 9.17) is 14.2 Å². The van der Waals surface area contributed by atoms with Crippen molar-refractivity contribution in [3.05, 3.63) is 71.4 Å². The van der Waals surface area contributed by atoms with Crippen molar-refractivity contribution in [3.63, 3.8) is 0 Å². The molecule has 0 atom stereocenters. The molecular weight excluding hydrogens is 425 g/mol. The molecule has 0 amide bonds. The highest BCUT2D eigenvalue weighted by Crippen LogP contribution is 2.44. The predicted molar refractivity (Wildman–Crippen MR) is 109 cm³/mol. The minimum Gasteiger partial charge on any atom is -0.489 e. The molecule has 32 heavy (non-hydrogen) atoms. The Hall–Kier alpha value is -3.93. The lowest BCUT2D eigenvalue weighted by molar-refractivity contribution is -0.143. The van der Waals surface area contributed by atoms with E-state index in [1.54, 1.807) is 18.2 Å². The average molecular weight is 444 g/mol. The summed E-state index contributed by atoms with van der Waals surface area (Å²) >= 11 is 0. The molecule has 0 aliphatic carbocycles. The highest BCUT2D eigenvalue weighted by atomic mass is 19.4. The zero-order valence-electron chi connectivity index (χ0n) is 17.3. The largest absolute Gasteiger partial charge is 0.515 e. The van der Waals surface area contributed by atoms with Crippen molar-refractivity contribution >= 4 is 6.16 Å². The van der Waals surface area contributed by atoms with E-state index in [2.05, 4.69) is 0 Å². The van der Waals surface area contributed by atoms with Crippen LogP contribution >= 0.6 is 0 Å². The summed E-state index contributed by atoms with van der Waals surface area (Å²) in [6, 6.07) is 17.1. The number of ether oxygens (including phenoxy) is 3. The SMILES string of the molecule is CCOC(=O)Oc1c(-c2ccc(OCc3ccccc3)cc2)c(C#N)c(C(F)(F)F)n1C. The predicted octanol–water partition coefficient (Wildman–Crippen LogP) is 5.70. The van der Waals surface area contributed by atoms with Gasteiger partial charge in [-0.1, -0.05) is 42.5 Å². The molecular formula is C23H19F3N2O4. The Kier molecular flexibility index (Phi) is 6.73. The first kappa shape index (κ1) is 22.7. The van der Waals surface area contributed by atoms with Crippen molar-refractivity contribution in [1.29, 1.82) is 5.26 Å². The van der Waals surface area contributed by atoms with Crippen LogP contribution in [0.25, 0.3) is 11.1 Å². The monoisotopic (exact) mass is 444 g/mol. The first-order valence-electron chi connectivity index (χ1n) is 9.58. The Balaban J connectivity index is 1.99. The van der Waals surface area contributed by atoms with Gasteiger partial charge in [0.2, 0.25) is 5.88 Å². The van der Waals surface area contributed by atoms with Gasteiger partial charge in [-0.3, -0.25) is 0 Å². The first-order valence-corrected chi connectivity index (χ1v) is 9.58. The molecule has 0 radical (unpaired) electrons. The number of carbonyl (C=O) groups is 1. The van der Waals surface area contributed by atoms with Crippen molar-refractivity contribution in [2.24, 2.45) is 7.05 Å². The van der Waals surface area contributed by atoms with Crippen LogP contribution in [0.15, 0.2) is 54.6 Å². The van der Waals surface area contributed by atoms with Crippen LogP contribution in [0, 0.1) is 11.3 Å². The van der Waals surface area contributed by atoms with Crippen LogP contribution in [-0.4, -0.2) is 17.3 Å². The molecule has 0 saturated carbocycles. The fourth-order valence-corrected chi connectivity index (χ4v) is 3.18. The summed E-state index contributed by atoms with van der Waals surface area (Å²) < 4.78 is 57.0. The third-order valence-electron chi connectivity index (χ3n) is 4.55. The summed E-state index contributed by atoms with van der Waals surface area (Å²) in [6.45, 7) is 1.82. The molecule has 0 aliphatic heterocycles. The second-order valence-corrected chi connectivity index (χ2v) is 6.66. The van der Waals surface area contributed by atoms with Gasteiger partial charge in [-0.15, -0.1) is 0 Å². The van der Waals surface area contributed by atoms with Crippen LogP contribution in [0.5, 0.6) is 11.6 Å². The van der Waals surface area contributed by atoms with Gasteiger partial charge in [0, 0.05) is 7.05 Å². The molecule has 1 aromatic heterocycles. The fourth-order valence-electron chi connectivity index (χ4n) is 3.18. The van der Waals surface area contributed by atoms with Crippen LogP contribution in [0.4, 0.5) is 18.0 Å². The standard InChI is InChI=1S/C23H19F3N2O4/c1-3-30-22(29)32-21-19(18(13-27)20(28(21)2)23(24,25)26)16-9-11-17(12-10-16)31-14-15-7-5-4-6-8-15/h4-12H,3,14H2,1-2H3. The molecule has 0 fully saturated rings. The fraction of sp³-hybridized carbons (Fsp3) is 0.217. The summed E-state index contributed by atoms with van der Waals surface area (Å²) in [5, 5.41) is 9.50. The van der Waals surface area contributed by atoms with Crippen LogP contribution in [-0.2, 0) is 24.6 Å². The number of nitrogens with zero attached hydrogens (tertiary/aromatic N) is 2. The molecule has 1 heterocycles. The van der Waals surface area contributed by atoms with Crippen molar-refractivity contribution in [2.45, 2.75) is 19.7 Å². The third kappa shape index (κ3) is 4.86. The van der Waals surface area contributed by atoms with Crippen LogP contribution in [0.3, 0.4) is 0 Å². The number of nitriles is 1. The molecule has 0 unspecified atom stereocenters. The lowest BCUT2D eigenvalue weighted by atomic mass is 10.0. The smallest absolute Gasteiger partial charge is 0.489 e. The number of halogens is 3. The lowest BCUT2D eigenvalue weighted by Gasteiger charge is -2.11. The van der Waals surface area contributed by atoms with Crippen molar-refractivity contribution in [1.82, 2.24) is 4.57 Å². The highest BCUT2D eigenvalue weighted by Gasteiger charge is 2.41. The summed E-state index contributed by atoms with van der Waals surface area (Å²) in [6.07, 6.45) is -6.01. The summed E-state index contributed by atoms with van der Waals surface area (Å²) in [5.74, 6) is 0.0428. The maximum absolute atomic E-state index is 13.7. The first-order chi connectivity index (χ1) is 15.3. The quantitative estimate of drug-likeness (QED) is 0.456. The van der Waals surface area contributed by atoms with Crippen molar-refractivity contribution < 1.29 is 32.2 Å². The zero-order chi connectivity index (χ0) is 23.3. The Morgan fingerprint density at radius 2 is 1.75 bits per heavy atom. The van der Waals surface area contributed by atoms with E-state index >= 15 is 0 Å². The van der Waals surface area contributed by atoms with Gasteiger partial charge in [0.1, 0.15) is 24.1 Å². The normalized spacial score (nSPS) is 11.0. The number of carbonyl (C=O) groups excluding carboxylic acids is 1. The van der Waals surface area contributed by atoms with Crippen LogP contribution < -0.4 is 9.47 Å². The number of rotatable bonds is 6. The van der Waals surface area contributed by atoms with E-state index in [1.807, 2.05) is 30.3 Å². The van der Waals surface area contributed by atoms with Gasteiger partial charge in [-0.05, 0) is 30.2 Å². The Morgan fingerprint density at radius 1 is 1.09 bits per heavy atom. The lowest BCUT2D eigenvalue weighted by Crippen LogP contribution is -2.16. The maximum atomic E-state index is 13.7. The molecule has 0 aliphatic rings. The Bertz CT molecular complexity index is 1130. The Morgan fingerprint density at radius 3 is 2.31 bits per heavy atom. The molecule has 0 saturated heterocycles. The molecule has 166 valence electrons. The second kappa shape index (κ2) is 9.47. The van der Waals surface area contributed by atoms with Gasteiger partial charge in [-0.2, -0.15) is 18.4 Å². The zero-order valence-corrected chi connectivity index (χ0v) is 17.3. The topological polar surface area (TPSA) is 73.5 Å². The molecule has 0 N–H and O–H groups in total. The van der Waals surface area contributed by atoms with Crippen LogP contribution in [0.1, 0.15) is 23.7 Å². The maximum Gasteiger partial charge on any atom is 0.515 e. The van der Waals surface area contributed by atoms with Crippen molar-refractivity contribution in [3.8, 4) is 28.8 Å². The number of alkyl halides is 3. The number of hydrogen-bond donors (Lipinski definition) is 0. The molecule has 6 nitrogen and oxygen atoms in total. The van der Waals surface area contributed by atoms with Crippen molar-refractivity contribution in [2.75, 3.05) is 6.61 Å². The third-order valence-corrected chi connectivity index (χ3v) is 4.55. The molecule has 2 aromatic carbocycles. The Labute approximate surface area is 182 Å². The average Bonchev–Trinajstić information content (AvgIpc) is 3.05. The van der Waals surface area contributed by atoms with Crippen LogP contribution in [0.2, 0.25) is 0 Å². The van der Waals surface area contributed by atoms with Gasteiger partial charge in [-0.25, -0.2) is 4.79 Å². The van der Waals surface area contributed by atoms with E-state index in [9.17, 15) is 23.2 Å². The molecule has 9 heteroatoms. The van der Waals surface area contributed by atoms with Gasteiger partial charge in [0.25, 0.3) is 0 Å². The van der Waals surface area contributed by atoms with E-state index in [0.717, 1.165) is 12.6 Å².